The quantitative estimate of drug-likeness (QED) is 0.436. The molecule has 0 aliphatic heterocycles. The minimum absolute atomic E-state index is 0.188. The highest BCUT2D eigenvalue weighted by Gasteiger charge is 2.11. The monoisotopic (exact) mass is 182 g/mol. The normalized spacial score (nSPS) is 20.7. The molecule has 4 heteroatoms. The molecular weight excluding hydrogens is 164 g/mol. The Bertz CT molecular complexity index is 210. The lowest BCUT2D eigenvalue weighted by Crippen LogP contribution is -2.54. The van der Waals surface area contributed by atoms with Crippen molar-refractivity contribution in [1.82, 2.24) is 5.32 Å². The molecule has 0 aromatic carbocycles. The summed E-state index contributed by atoms with van der Waals surface area (Å²) in [7, 11) is 0. The molecule has 0 spiro atoms. The van der Waals surface area contributed by atoms with Crippen molar-refractivity contribution in [3.8, 4) is 0 Å². The number of nitrogens with one attached hydrogen (secondary N) is 1. The predicted molar refractivity (Wildman–Crippen MR) is 54.6 cm³/mol. The highest BCUT2D eigenvalue weighted by Crippen LogP contribution is 2.08. The molecule has 74 valence electrons. The second kappa shape index (κ2) is 5.01. The highest BCUT2D eigenvalue weighted by molar-refractivity contribution is 5.16. The maximum absolute atomic E-state index is 5.78. The summed E-state index contributed by atoms with van der Waals surface area (Å²) in [5.74, 6) is 0. The van der Waals surface area contributed by atoms with Crippen molar-refractivity contribution >= 4 is 0 Å². The van der Waals surface area contributed by atoms with Crippen LogP contribution in [0.5, 0.6) is 0 Å². The second-order valence-electron chi connectivity index (χ2n) is 3.23. The highest BCUT2D eigenvalue weighted by atomic mass is 15.1. The van der Waals surface area contributed by atoms with Gasteiger partial charge in [0.05, 0.1) is 12.2 Å². The Labute approximate surface area is 78.8 Å². The molecule has 0 saturated heterocycles. The first-order chi connectivity index (χ1) is 6.24. The molecule has 0 amide bonds. The third kappa shape index (κ3) is 3.18. The molecule has 0 bridgehead atoms. The Morgan fingerprint density at radius 2 is 2.23 bits per heavy atom. The van der Waals surface area contributed by atoms with Gasteiger partial charge in [-0.05, 0) is 18.9 Å². The van der Waals surface area contributed by atoms with E-state index in [4.69, 9.17) is 17.2 Å². The zero-order valence-electron chi connectivity index (χ0n) is 7.74. The molecule has 13 heavy (non-hydrogen) atoms. The summed E-state index contributed by atoms with van der Waals surface area (Å²) in [6.07, 6.45) is 7.98. The zero-order chi connectivity index (χ0) is 9.68. The Balaban J connectivity index is 2.38. The maximum atomic E-state index is 5.78. The molecule has 1 rings (SSSR count). The Morgan fingerprint density at radius 1 is 1.46 bits per heavy atom. The Morgan fingerprint density at radius 3 is 2.77 bits per heavy atom. The average Bonchev–Trinajstić information content (AvgIpc) is 2.18. The van der Waals surface area contributed by atoms with E-state index in [2.05, 4.69) is 11.4 Å². The minimum atomic E-state index is -0.247. The van der Waals surface area contributed by atoms with Crippen molar-refractivity contribution in [2.45, 2.75) is 25.0 Å². The topological polar surface area (TPSA) is 90.1 Å². The number of hydrogen-bond donors (Lipinski definition) is 4. The predicted octanol–water partition coefficient (Wildman–Crippen LogP) is -0.619. The number of allylic oxidation sites excluding steroid dienone is 4. The van der Waals surface area contributed by atoms with Crippen molar-refractivity contribution in [3.63, 3.8) is 0 Å². The van der Waals surface area contributed by atoms with Gasteiger partial charge in [0.15, 0.2) is 0 Å². The molecule has 0 heterocycles. The number of nitrogens with two attached hydrogens (primary N) is 3. The van der Waals surface area contributed by atoms with Gasteiger partial charge in [0.25, 0.3) is 0 Å². The lowest BCUT2D eigenvalue weighted by molar-refractivity contribution is 0.472. The molecular formula is C9H18N4. The van der Waals surface area contributed by atoms with Crippen LogP contribution in [0.25, 0.3) is 0 Å². The summed E-state index contributed by atoms with van der Waals surface area (Å²) in [5, 5.41) is 3.15. The van der Waals surface area contributed by atoms with E-state index in [0.29, 0.717) is 6.54 Å². The van der Waals surface area contributed by atoms with Crippen LogP contribution in [0.4, 0.5) is 0 Å². The summed E-state index contributed by atoms with van der Waals surface area (Å²) in [5.41, 5.74) is 18.0. The van der Waals surface area contributed by atoms with Crippen molar-refractivity contribution < 1.29 is 0 Å². The first-order valence-electron chi connectivity index (χ1n) is 4.57. The minimum Gasteiger partial charge on any atom is -0.372 e. The fourth-order valence-corrected chi connectivity index (χ4v) is 1.19. The fourth-order valence-electron chi connectivity index (χ4n) is 1.19. The van der Waals surface area contributed by atoms with E-state index in [1.165, 1.54) is 0 Å². The molecule has 0 saturated carbocycles. The van der Waals surface area contributed by atoms with Gasteiger partial charge in [0.2, 0.25) is 0 Å². The van der Waals surface area contributed by atoms with Crippen LogP contribution in [0, 0.1) is 0 Å². The fraction of sp³-hybridized carbons (Fsp3) is 0.556. The SMILES string of the molecule is NCC(N)C(N)NC1=CC=CCC1. The van der Waals surface area contributed by atoms with Gasteiger partial charge in [-0.2, -0.15) is 0 Å². The molecule has 0 radical (unpaired) electrons. The van der Waals surface area contributed by atoms with Crippen molar-refractivity contribution in [2.24, 2.45) is 17.2 Å². The van der Waals surface area contributed by atoms with Gasteiger partial charge in [0.1, 0.15) is 0 Å². The number of rotatable bonds is 4. The van der Waals surface area contributed by atoms with Gasteiger partial charge >= 0.3 is 0 Å². The Hall–Kier alpha value is -0.840. The molecule has 4 nitrogen and oxygen atoms in total. The summed E-state index contributed by atoms with van der Waals surface area (Å²) in [6, 6.07) is -0.188. The van der Waals surface area contributed by atoms with Crippen LogP contribution >= 0.6 is 0 Å². The summed E-state index contributed by atoms with van der Waals surface area (Å²) >= 11 is 0. The van der Waals surface area contributed by atoms with Gasteiger partial charge in [-0.1, -0.05) is 12.2 Å². The molecule has 7 N–H and O–H groups in total. The molecule has 2 atom stereocenters. The first kappa shape index (κ1) is 10.2. The van der Waals surface area contributed by atoms with E-state index < -0.39 is 0 Å². The molecule has 0 aromatic heterocycles. The number of hydrogen-bond acceptors (Lipinski definition) is 4. The molecule has 2 unspecified atom stereocenters. The van der Waals surface area contributed by atoms with Gasteiger partial charge < -0.3 is 22.5 Å². The summed E-state index contributed by atoms with van der Waals surface area (Å²) < 4.78 is 0. The lowest BCUT2D eigenvalue weighted by Gasteiger charge is -2.23. The smallest absolute Gasteiger partial charge is 0.0908 e. The largest absolute Gasteiger partial charge is 0.372 e. The van der Waals surface area contributed by atoms with Crippen LogP contribution in [-0.2, 0) is 0 Å². The van der Waals surface area contributed by atoms with Crippen LogP contribution in [-0.4, -0.2) is 18.8 Å². The molecule has 1 aliphatic carbocycles. The van der Waals surface area contributed by atoms with Gasteiger partial charge in [-0.3, -0.25) is 0 Å². The van der Waals surface area contributed by atoms with Crippen molar-refractivity contribution in [3.05, 3.63) is 23.9 Å². The van der Waals surface area contributed by atoms with Gasteiger partial charge in [-0.15, -0.1) is 0 Å². The van der Waals surface area contributed by atoms with E-state index in [1.807, 2.05) is 12.2 Å². The average molecular weight is 182 g/mol. The van der Waals surface area contributed by atoms with E-state index in [0.717, 1.165) is 18.5 Å². The van der Waals surface area contributed by atoms with Crippen LogP contribution < -0.4 is 22.5 Å². The summed E-state index contributed by atoms with van der Waals surface area (Å²) in [4.78, 5) is 0. The molecule has 0 fully saturated rings. The van der Waals surface area contributed by atoms with Crippen LogP contribution in [0.3, 0.4) is 0 Å². The van der Waals surface area contributed by atoms with E-state index in [9.17, 15) is 0 Å². The third-order valence-electron chi connectivity index (χ3n) is 2.10. The van der Waals surface area contributed by atoms with Gasteiger partial charge in [-0.25, -0.2) is 0 Å². The van der Waals surface area contributed by atoms with Crippen molar-refractivity contribution in [1.29, 1.82) is 0 Å². The van der Waals surface area contributed by atoms with Crippen LogP contribution in [0.2, 0.25) is 0 Å². The van der Waals surface area contributed by atoms with E-state index >= 15 is 0 Å². The maximum Gasteiger partial charge on any atom is 0.0908 e. The van der Waals surface area contributed by atoms with E-state index in [-0.39, 0.29) is 12.2 Å². The Kier molecular flexibility index (Phi) is 3.95. The second-order valence-corrected chi connectivity index (χ2v) is 3.23. The first-order valence-corrected chi connectivity index (χ1v) is 4.57. The van der Waals surface area contributed by atoms with E-state index in [1.54, 1.807) is 0 Å². The zero-order valence-corrected chi connectivity index (χ0v) is 7.74. The lowest BCUT2D eigenvalue weighted by atomic mass is 10.1. The van der Waals surface area contributed by atoms with Gasteiger partial charge in [0, 0.05) is 12.2 Å². The van der Waals surface area contributed by atoms with Crippen LogP contribution in [0.15, 0.2) is 23.9 Å². The summed E-state index contributed by atoms with van der Waals surface area (Å²) in [6.45, 7) is 0.400. The standard InChI is InChI=1S/C9H18N4/c10-6-8(11)9(12)13-7-4-2-1-3-5-7/h1-2,4,8-9,13H,3,5-6,10-12H2. The van der Waals surface area contributed by atoms with Crippen molar-refractivity contribution in [2.75, 3.05) is 6.54 Å². The molecule has 0 aromatic rings. The van der Waals surface area contributed by atoms with Crippen LogP contribution in [0.1, 0.15) is 12.8 Å². The third-order valence-corrected chi connectivity index (χ3v) is 2.10. The molecule has 1 aliphatic rings.